The Morgan fingerprint density at radius 1 is 0.944 bits per heavy atom. The van der Waals surface area contributed by atoms with Crippen LogP contribution in [0.1, 0.15) is 0 Å². The molecule has 0 spiro atoms. The summed E-state index contributed by atoms with van der Waals surface area (Å²) < 4.78 is 5.17. The molecular formula is C15H11NO2. The fourth-order valence-corrected chi connectivity index (χ4v) is 2.01. The van der Waals surface area contributed by atoms with Gasteiger partial charge in [0, 0.05) is 17.1 Å². The molecular weight excluding hydrogens is 226 g/mol. The quantitative estimate of drug-likeness (QED) is 0.522. The van der Waals surface area contributed by atoms with Crippen molar-refractivity contribution in [2.45, 2.75) is 0 Å². The van der Waals surface area contributed by atoms with Gasteiger partial charge >= 0.3 is 5.63 Å². The molecule has 88 valence electrons. The molecule has 3 nitrogen and oxygen atoms in total. The summed E-state index contributed by atoms with van der Waals surface area (Å²) in [4.78, 5) is 11.6. The number of nitrogen functional groups attached to an aromatic ring is 1. The Kier molecular flexibility index (Phi) is 2.38. The van der Waals surface area contributed by atoms with Gasteiger partial charge in [-0.05, 0) is 29.3 Å². The van der Waals surface area contributed by atoms with Gasteiger partial charge in [0.2, 0.25) is 0 Å². The van der Waals surface area contributed by atoms with Gasteiger partial charge in [-0.1, -0.05) is 30.3 Å². The van der Waals surface area contributed by atoms with Crippen molar-refractivity contribution in [2.75, 3.05) is 5.73 Å². The van der Waals surface area contributed by atoms with Crippen molar-refractivity contribution in [3.63, 3.8) is 0 Å². The second kappa shape index (κ2) is 4.04. The summed E-state index contributed by atoms with van der Waals surface area (Å²) in [5.74, 6) is 0. The maximum Gasteiger partial charge on any atom is 0.336 e. The highest BCUT2D eigenvalue weighted by molar-refractivity contribution is 5.93. The van der Waals surface area contributed by atoms with Crippen molar-refractivity contribution >= 4 is 16.7 Å². The zero-order valence-corrected chi connectivity index (χ0v) is 9.59. The van der Waals surface area contributed by atoms with Gasteiger partial charge in [-0.3, -0.25) is 0 Å². The monoisotopic (exact) mass is 237 g/mol. The molecule has 3 aromatic rings. The molecule has 0 atom stereocenters. The molecule has 0 aliphatic rings. The lowest BCUT2D eigenvalue weighted by atomic mass is 10.0. The van der Waals surface area contributed by atoms with E-state index in [2.05, 4.69) is 0 Å². The Balaban J connectivity index is 2.34. The normalized spacial score (nSPS) is 10.7. The topological polar surface area (TPSA) is 56.2 Å². The average molecular weight is 237 g/mol. The molecule has 18 heavy (non-hydrogen) atoms. The predicted octanol–water partition coefficient (Wildman–Crippen LogP) is 3.04. The summed E-state index contributed by atoms with van der Waals surface area (Å²) in [6.45, 7) is 0. The zero-order chi connectivity index (χ0) is 12.5. The van der Waals surface area contributed by atoms with Crippen LogP contribution in [0.2, 0.25) is 0 Å². The number of anilines is 1. The van der Waals surface area contributed by atoms with Crippen molar-refractivity contribution in [1.29, 1.82) is 0 Å². The van der Waals surface area contributed by atoms with Crippen LogP contribution in [0.5, 0.6) is 0 Å². The molecule has 0 radical (unpaired) electrons. The Bertz CT molecular complexity index is 757. The van der Waals surface area contributed by atoms with Gasteiger partial charge in [-0.25, -0.2) is 4.79 Å². The number of nitrogens with two attached hydrogens (primary N) is 1. The number of hydrogen-bond acceptors (Lipinski definition) is 3. The lowest BCUT2D eigenvalue weighted by Crippen LogP contribution is -1.98. The Hall–Kier alpha value is -2.55. The lowest BCUT2D eigenvalue weighted by molar-refractivity contribution is 0.561. The molecule has 0 aliphatic carbocycles. The molecule has 1 heterocycles. The first kappa shape index (κ1) is 10.6. The smallest absolute Gasteiger partial charge is 0.336 e. The third-order valence-corrected chi connectivity index (χ3v) is 2.87. The van der Waals surface area contributed by atoms with Gasteiger partial charge in [0.1, 0.15) is 5.58 Å². The van der Waals surface area contributed by atoms with Crippen LogP contribution < -0.4 is 11.4 Å². The second-order valence-corrected chi connectivity index (χ2v) is 4.10. The maximum atomic E-state index is 11.6. The van der Waals surface area contributed by atoms with E-state index >= 15 is 0 Å². The van der Waals surface area contributed by atoms with Gasteiger partial charge in [0.15, 0.2) is 0 Å². The van der Waals surface area contributed by atoms with Crippen LogP contribution in [0.25, 0.3) is 22.1 Å². The van der Waals surface area contributed by atoms with Crippen LogP contribution in [0.3, 0.4) is 0 Å². The lowest BCUT2D eigenvalue weighted by Gasteiger charge is -2.05. The molecule has 0 saturated heterocycles. The number of fused-ring (bicyclic) bond motifs is 1. The molecule has 2 N–H and O–H groups in total. The van der Waals surface area contributed by atoms with Crippen LogP contribution in [-0.4, -0.2) is 0 Å². The molecule has 2 aromatic carbocycles. The van der Waals surface area contributed by atoms with E-state index in [1.165, 1.54) is 6.07 Å². The average Bonchev–Trinajstić information content (AvgIpc) is 2.38. The zero-order valence-electron chi connectivity index (χ0n) is 9.59. The van der Waals surface area contributed by atoms with E-state index in [4.69, 9.17) is 10.2 Å². The van der Waals surface area contributed by atoms with E-state index in [0.717, 1.165) is 16.5 Å². The first-order chi connectivity index (χ1) is 8.74. The summed E-state index contributed by atoms with van der Waals surface area (Å²) in [6.07, 6.45) is 0. The Labute approximate surface area is 103 Å². The predicted molar refractivity (Wildman–Crippen MR) is 72.3 cm³/mol. The largest absolute Gasteiger partial charge is 0.423 e. The summed E-state index contributed by atoms with van der Waals surface area (Å²) in [7, 11) is 0. The third-order valence-electron chi connectivity index (χ3n) is 2.87. The third kappa shape index (κ3) is 1.76. The minimum atomic E-state index is -0.347. The van der Waals surface area contributed by atoms with E-state index < -0.39 is 0 Å². The fraction of sp³-hybridized carbons (Fsp3) is 0. The first-order valence-electron chi connectivity index (χ1n) is 5.63. The molecule has 3 heteroatoms. The molecule has 0 saturated carbocycles. The van der Waals surface area contributed by atoms with Gasteiger partial charge in [-0.2, -0.15) is 0 Å². The van der Waals surface area contributed by atoms with Crippen molar-refractivity contribution < 1.29 is 4.42 Å². The van der Waals surface area contributed by atoms with Crippen molar-refractivity contribution in [3.05, 3.63) is 65.0 Å². The molecule has 0 fully saturated rings. The number of para-hydroxylation sites is 1. The SMILES string of the molecule is Nc1ccc(-c2cc(=O)oc3ccccc23)cc1. The highest BCUT2D eigenvalue weighted by Gasteiger charge is 2.06. The van der Waals surface area contributed by atoms with E-state index in [1.807, 2.05) is 42.5 Å². The highest BCUT2D eigenvalue weighted by atomic mass is 16.4. The Morgan fingerprint density at radius 3 is 2.44 bits per heavy atom. The summed E-state index contributed by atoms with van der Waals surface area (Å²) in [5, 5.41) is 0.918. The number of benzene rings is 2. The molecule has 0 bridgehead atoms. The summed E-state index contributed by atoms with van der Waals surface area (Å²) >= 11 is 0. The van der Waals surface area contributed by atoms with Gasteiger partial charge in [-0.15, -0.1) is 0 Å². The van der Waals surface area contributed by atoms with Crippen molar-refractivity contribution in [3.8, 4) is 11.1 Å². The van der Waals surface area contributed by atoms with E-state index in [9.17, 15) is 4.79 Å². The number of rotatable bonds is 1. The van der Waals surface area contributed by atoms with E-state index in [-0.39, 0.29) is 5.63 Å². The second-order valence-electron chi connectivity index (χ2n) is 4.10. The Morgan fingerprint density at radius 2 is 1.67 bits per heavy atom. The van der Waals surface area contributed by atoms with Crippen LogP contribution >= 0.6 is 0 Å². The van der Waals surface area contributed by atoms with Crippen molar-refractivity contribution in [1.82, 2.24) is 0 Å². The summed E-state index contributed by atoms with van der Waals surface area (Å²) in [5.41, 5.74) is 8.43. The van der Waals surface area contributed by atoms with Gasteiger partial charge in [0.25, 0.3) is 0 Å². The van der Waals surface area contributed by atoms with Crippen LogP contribution in [0, 0.1) is 0 Å². The standard InChI is InChI=1S/C15H11NO2/c16-11-7-5-10(6-8-11)13-9-15(17)18-14-4-2-1-3-12(13)14/h1-9H,16H2. The molecule has 0 amide bonds. The van der Waals surface area contributed by atoms with Crippen LogP contribution in [0.4, 0.5) is 5.69 Å². The molecule has 0 aliphatic heterocycles. The fourth-order valence-electron chi connectivity index (χ4n) is 2.01. The highest BCUT2D eigenvalue weighted by Crippen LogP contribution is 2.27. The first-order valence-corrected chi connectivity index (χ1v) is 5.63. The van der Waals surface area contributed by atoms with Gasteiger partial charge in [0.05, 0.1) is 0 Å². The van der Waals surface area contributed by atoms with Crippen LogP contribution in [-0.2, 0) is 0 Å². The number of hydrogen-bond donors (Lipinski definition) is 1. The minimum absolute atomic E-state index is 0.347. The van der Waals surface area contributed by atoms with E-state index in [0.29, 0.717) is 11.3 Å². The van der Waals surface area contributed by atoms with Crippen molar-refractivity contribution in [2.24, 2.45) is 0 Å². The van der Waals surface area contributed by atoms with Gasteiger partial charge < -0.3 is 10.2 Å². The maximum absolute atomic E-state index is 11.6. The van der Waals surface area contributed by atoms with Crippen LogP contribution in [0.15, 0.2) is 63.8 Å². The molecule has 3 rings (SSSR count). The molecule has 1 aromatic heterocycles. The van der Waals surface area contributed by atoms with E-state index in [1.54, 1.807) is 6.07 Å². The summed E-state index contributed by atoms with van der Waals surface area (Å²) in [6, 6.07) is 16.4. The molecule has 0 unspecified atom stereocenters. The minimum Gasteiger partial charge on any atom is -0.423 e.